The summed E-state index contributed by atoms with van der Waals surface area (Å²) in [6, 6.07) is 8.70. The average Bonchev–Trinajstić information content (AvgIpc) is 2.41. The van der Waals surface area contributed by atoms with E-state index in [4.69, 9.17) is 15.2 Å². The second-order valence-corrected chi connectivity index (χ2v) is 5.21. The zero-order valence-electron chi connectivity index (χ0n) is 12.0. The first-order chi connectivity index (χ1) is 9.15. The third-order valence-corrected chi connectivity index (χ3v) is 3.73. The monoisotopic (exact) mass is 264 g/mol. The van der Waals surface area contributed by atoms with E-state index < -0.39 is 0 Å². The van der Waals surface area contributed by atoms with E-state index in [-0.39, 0.29) is 12.1 Å². The Balaban J connectivity index is 2.33. The normalized spacial score (nSPS) is 23.9. The summed E-state index contributed by atoms with van der Waals surface area (Å²) < 4.78 is 11.0. The lowest BCUT2D eigenvalue weighted by atomic mass is 9.96. The number of methoxy groups -OCH3 is 1. The van der Waals surface area contributed by atoms with Gasteiger partial charge in [0.1, 0.15) is 5.75 Å². The van der Waals surface area contributed by atoms with Gasteiger partial charge in [-0.25, -0.2) is 0 Å². The van der Waals surface area contributed by atoms with Crippen LogP contribution in [0, 0.1) is 0 Å². The van der Waals surface area contributed by atoms with Crippen LogP contribution in [-0.4, -0.2) is 43.9 Å². The van der Waals surface area contributed by atoms with Gasteiger partial charge in [-0.2, -0.15) is 0 Å². The van der Waals surface area contributed by atoms with Gasteiger partial charge in [0.05, 0.1) is 26.4 Å². The summed E-state index contributed by atoms with van der Waals surface area (Å²) in [5, 5.41) is 0. The van der Waals surface area contributed by atoms with Crippen molar-refractivity contribution in [3.05, 3.63) is 29.8 Å². The minimum Gasteiger partial charge on any atom is -0.496 e. The molecule has 0 aliphatic carbocycles. The number of nitrogens with two attached hydrogens (primary N) is 1. The molecule has 0 radical (unpaired) electrons. The fraction of sp³-hybridized carbons (Fsp3) is 0.600. The minimum absolute atomic E-state index is 0.0387. The molecule has 2 N–H and O–H groups in total. The van der Waals surface area contributed by atoms with Crippen LogP contribution >= 0.6 is 0 Å². The number of hydrogen-bond acceptors (Lipinski definition) is 4. The van der Waals surface area contributed by atoms with Crippen molar-refractivity contribution in [3.8, 4) is 5.75 Å². The molecule has 106 valence electrons. The van der Waals surface area contributed by atoms with Gasteiger partial charge in [-0.3, -0.25) is 4.90 Å². The Morgan fingerprint density at radius 3 is 2.79 bits per heavy atom. The van der Waals surface area contributed by atoms with E-state index in [1.54, 1.807) is 7.11 Å². The molecule has 4 nitrogen and oxygen atoms in total. The molecule has 2 rings (SSSR count). The zero-order valence-corrected chi connectivity index (χ0v) is 12.0. The van der Waals surface area contributed by atoms with Gasteiger partial charge >= 0.3 is 0 Å². The maximum absolute atomic E-state index is 6.25. The fourth-order valence-corrected chi connectivity index (χ4v) is 2.83. The Morgan fingerprint density at radius 2 is 2.16 bits per heavy atom. The van der Waals surface area contributed by atoms with Crippen molar-refractivity contribution in [2.24, 2.45) is 5.73 Å². The van der Waals surface area contributed by atoms with Crippen LogP contribution in [0.3, 0.4) is 0 Å². The molecule has 3 atom stereocenters. The molecule has 0 bridgehead atoms. The molecular formula is C15H24N2O2. The molecule has 0 saturated carbocycles. The van der Waals surface area contributed by atoms with Gasteiger partial charge in [-0.1, -0.05) is 18.2 Å². The predicted molar refractivity (Wildman–Crippen MR) is 76.4 cm³/mol. The smallest absolute Gasteiger partial charge is 0.123 e. The van der Waals surface area contributed by atoms with Crippen molar-refractivity contribution in [1.29, 1.82) is 0 Å². The van der Waals surface area contributed by atoms with Gasteiger partial charge in [0.15, 0.2) is 0 Å². The van der Waals surface area contributed by atoms with Gasteiger partial charge in [0.25, 0.3) is 0 Å². The summed E-state index contributed by atoms with van der Waals surface area (Å²) in [5.41, 5.74) is 7.41. The van der Waals surface area contributed by atoms with E-state index in [0.717, 1.165) is 31.1 Å². The standard InChI is InChI=1S/C15H24N2O2/c1-11-10-19-9-8-17(11)15(12(2)16)13-6-4-5-7-14(13)18-3/h4-7,11-12,15H,8-10,16H2,1-3H3. The quantitative estimate of drug-likeness (QED) is 0.901. The summed E-state index contributed by atoms with van der Waals surface area (Å²) in [4.78, 5) is 2.42. The fourth-order valence-electron chi connectivity index (χ4n) is 2.83. The van der Waals surface area contributed by atoms with Crippen molar-refractivity contribution >= 4 is 0 Å². The maximum atomic E-state index is 6.25. The van der Waals surface area contributed by atoms with Crippen LogP contribution in [0.4, 0.5) is 0 Å². The second-order valence-electron chi connectivity index (χ2n) is 5.21. The zero-order chi connectivity index (χ0) is 13.8. The van der Waals surface area contributed by atoms with E-state index in [1.165, 1.54) is 0 Å². The molecule has 4 heteroatoms. The summed E-state index contributed by atoms with van der Waals surface area (Å²) in [6.07, 6.45) is 0. The van der Waals surface area contributed by atoms with Crippen LogP contribution in [0.15, 0.2) is 24.3 Å². The molecule has 0 amide bonds. The number of morpholine rings is 1. The molecule has 1 fully saturated rings. The van der Waals surface area contributed by atoms with Crippen molar-refractivity contribution in [1.82, 2.24) is 4.90 Å². The summed E-state index contributed by atoms with van der Waals surface area (Å²) in [7, 11) is 1.71. The number of ether oxygens (including phenoxy) is 2. The van der Waals surface area contributed by atoms with E-state index in [2.05, 4.69) is 24.8 Å². The third kappa shape index (κ3) is 3.08. The van der Waals surface area contributed by atoms with Gasteiger partial charge < -0.3 is 15.2 Å². The molecule has 1 aromatic carbocycles. The third-order valence-electron chi connectivity index (χ3n) is 3.73. The van der Waals surface area contributed by atoms with Crippen LogP contribution in [0.1, 0.15) is 25.5 Å². The highest BCUT2D eigenvalue weighted by Crippen LogP contribution is 2.33. The van der Waals surface area contributed by atoms with E-state index in [1.807, 2.05) is 18.2 Å². The van der Waals surface area contributed by atoms with Gasteiger partial charge in [-0.05, 0) is 19.9 Å². The van der Waals surface area contributed by atoms with Crippen molar-refractivity contribution < 1.29 is 9.47 Å². The maximum Gasteiger partial charge on any atom is 0.123 e. The first kappa shape index (κ1) is 14.3. The highest BCUT2D eigenvalue weighted by Gasteiger charge is 2.31. The molecule has 19 heavy (non-hydrogen) atoms. The van der Waals surface area contributed by atoms with E-state index in [0.29, 0.717) is 6.04 Å². The molecule has 1 aliphatic rings. The lowest BCUT2D eigenvalue weighted by Gasteiger charge is -2.41. The summed E-state index contributed by atoms with van der Waals surface area (Å²) in [5.74, 6) is 0.906. The van der Waals surface area contributed by atoms with Crippen molar-refractivity contribution in [2.45, 2.75) is 32.0 Å². The Kier molecular flexibility index (Phi) is 4.80. The largest absolute Gasteiger partial charge is 0.496 e. The first-order valence-electron chi connectivity index (χ1n) is 6.87. The number of rotatable bonds is 4. The Labute approximate surface area is 115 Å². The summed E-state index contributed by atoms with van der Waals surface area (Å²) in [6.45, 7) is 6.68. The number of benzene rings is 1. The summed E-state index contributed by atoms with van der Waals surface area (Å²) >= 11 is 0. The SMILES string of the molecule is COc1ccccc1C(C(C)N)N1CCOCC1C. The molecule has 3 unspecified atom stereocenters. The molecular weight excluding hydrogens is 240 g/mol. The topological polar surface area (TPSA) is 47.7 Å². The highest BCUT2D eigenvalue weighted by molar-refractivity contribution is 5.37. The van der Waals surface area contributed by atoms with Gasteiger partial charge in [0, 0.05) is 24.2 Å². The molecule has 1 aliphatic heterocycles. The Morgan fingerprint density at radius 1 is 1.42 bits per heavy atom. The predicted octanol–water partition coefficient (Wildman–Crippen LogP) is 1.80. The highest BCUT2D eigenvalue weighted by atomic mass is 16.5. The minimum atomic E-state index is 0.0387. The Hall–Kier alpha value is -1.10. The van der Waals surface area contributed by atoms with Gasteiger partial charge in [0.2, 0.25) is 0 Å². The number of para-hydroxylation sites is 1. The molecule has 0 aromatic heterocycles. The molecule has 1 aromatic rings. The van der Waals surface area contributed by atoms with Crippen LogP contribution in [0.5, 0.6) is 5.75 Å². The number of hydrogen-bond donors (Lipinski definition) is 1. The van der Waals surface area contributed by atoms with Gasteiger partial charge in [-0.15, -0.1) is 0 Å². The van der Waals surface area contributed by atoms with Crippen molar-refractivity contribution in [3.63, 3.8) is 0 Å². The van der Waals surface area contributed by atoms with Crippen molar-refractivity contribution in [2.75, 3.05) is 26.9 Å². The molecule has 1 heterocycles. The van der Waals surface area contributed by atoms with Crippen LogP contribution in [0.2, 0.25) is 0 Å². The lowest BCUT2D eigenvalue weighted by molar-refractivity contribution is -0.0272. The van der Waals surface area contributed by atoms with E-state index >= 15 is 0 Å². The number of nitrogens with zero attached hydrogens (tertiary/aromatic N) is 1. The Bertz CT molecular complexity index is 409. The van der Waals surface area contributed by atoms with Crippen LogP contribution in [0.25, 0.3) is 0 Å². The first-order valence-corrected chi connectivity index (χ1v) is 6.87. The van der Waals surface area contributed by atoms with Crippen LogP contribution < -0.4 is 10.5 Å². The van der Waals surface area contributed by atoms with E-state index in [9.17, 15) is 0 Å². The lowest BCUT2D eigenvalue weighted by Crippen LogP contribution is -2.50. The molecule has 0 spiro atoms. The average molecular weight is 264 g/mol. The molecule has 1 saturated heterocycles. The van der Waals surface area contributed by atoms with Crippen LogP contribution in [-0.2, 0) is 4.74 Å². The second kappa shape index (κ2) is 6.37.